The van der Waals surface area contributed by atoms with Crippen molar-refractivity contribution in [1.29, 1.82) is 0 Å². The monoisotopic (exact) mass is 279 g/mol. The number of nitrogens with zero attached hydrogens (tertiary/aromatic N) is 6. The normalized spacial score (nSPS) is 16.5. The molecule has 1 aliphatic heterocycles. The molecular weight excluding hydrogens is 264 g/mol. The highest BCUT2D eigenvalue weighted by Gasteiger charge is 2.23. The van der Waals surface area contributed by atoms with E-state index in [4.69, 9.17) is 0 Å². The molecule has 0 spiro atoms. The lowest BCUT2D eigenvalue weighted by Crippen LogP contribution is -2.36. The molecule has 105 valence electrons. The lowest BCUT2D eigenvalue weighted by molar-refractivity contribution is 0.367. The van der Waals surface area contributed by atoms with Crippen LogP contribution >= 0.6 is 0 Å². The van der Waals surface area contributed by atoms with Crippen LogP contribution in [-0.2, 0) is 0 Å². The number of hydrogen-bond donors (Lipinski definition) is 0. The maximum absolute atomic E-state index is 4.33. The number of para-hydroxylation sites is 1. The van der Waals surface area contributed by atoms with Crippen molar-refractivity contribution >= 4 is 17.0 Å². The SMILES string of the molecule is [c]1ccnc(N2CCC(n3nnc4ccccc43)CC2)n1. The highest BCUT2D eigenvalue weighted by molar-refractivity contribution is 5.74. The van der Waals surface area contributed by atoms with E-state index in [1.54, 1.807) is 12.3 Å². The third kappa shape index (κ3) is 2.22. The van der Waals surface area contributed by atoms with E-state index in [0.717, 1.165) is 42.9 Å². The number of piperidine rings is 1. The maximum Gasteiger partial charge on any atom is 0.225 e. The summed E-state index contributed by atoms with van der Waals surface area (Å²) in [4.78, 5) is 10.7. The van der Waals surface area contributed by atoms with Crippen molar-refractivity contribution in [2.75, 3.05) is 18.0 Å². The van der Waals surface area contributed by atoms with Crippen LogP contribution in [0.4, 0.5) is 5.95 Å². The Bertz CT molecular complexity index is 730. The summed E-state index contributed by atoms with van der Waals surface area (Å²) in [6.07, 6.45) is 6.61. The van der Waals surface area contributed by atoms with Gasteiger partial charge in [0.25, 0.3) is 0 Å². The van der Waals surface area contributed by atoms with Crippen LogP contribution in [0.5, 0.6) is 0 Å². The summed E-state index contributed by atoms with van der Waals surface area (Å²) in [5, 5.41) is 8.57. The van der Waals surface area contributed by atoms with Gasteiger partial charge in [-0.2, -0.15) is 0 Å². The van der Waals surface area contributed by atoms with Crippen LogP contribution in [0.2, 0.25) is 0 Å². The molecule has 1 radical (unpaired) electrons. The van der Waals surface area contributed by atoms with Gasteiger partial charge in [-0.1, -0.05) is 17.3 Å². The molecule has 4 rings (SSSR count). The summed E-state index contributed by atoms with van der Waals surface area (Å²) in [5.74, 6) is 0.763. The fourth-order valence-corrected chi connectivity index (χ4v) is 2.88. The van der Waals surface area contributed by atoms with Crippen LogP contribution in [0.15, 0.2) is 36.5 Å². The van der Waals surface area contributed by atoms with Crippen molar-refractivity contribution in [2.24, 2.45) is 0 Å². The zero-order valence-electron chi connectivity index (χ0n) is 11.6. The minimum Gasteiger partial charge on any atom is -0.341 e. The predicted molar refractivity (Wildman–Crippen MR) is 78.9 cm³/mol. The van der Waals surface area contributed by atoms with Gasteiger partial charge in [0.15, 0.2) is 0 Å². The summed E-state index contributed by atoms with van der Waals surface area (Å²) < 4.78 is 2.06. The third-order valence-electron chi connectivity index (χ3n) is 3.97. The van der Waals surface area contributed by atoms with Crippen LogP contribution in [0.3, 0.4) is 0 Å². The van der Waals surface area contributed by atoms with Gasteiger partial charge in [0, 0.05) is 19.3 Å². The van der Waals surface area contributed by atoms with Crippen molar-refractivity contribution < 1.29 is 0 Å². The lowest BCUT2D eigenvalue weighted by atomic mass is 10.1. The van der Waals surface area contributed by atoms with Crippen LogP contribution < -0.4 is 4.90 Å². The average Bonchev–Trinajstić information content (AvgIpc) is 3.00. The molecule has 0 aliphatic carbocycles. The first-order valence-corrected chi connectivity index (χ1v) is 7.16. The van der Waals surface area contributed by atoms with Crippen LogP contribution in [0.25, 0.3) is 11.0 Å². The van der Waals surface area contributed by atoms with Gasteiger partial charge in [-0.15, -0.1) is 5.10 Å². The summed E-state index contributed by atoms with van der Waals surface area (Å²) in [7, 11) is 0. The molecule has 1 fully saturated rings. The van der Waals surface area contributed by atoms with E-state index in [-0.39, 0.29) is 0 Å². The second-order valence-corrected chi connectivity index (χ2v) is 5.23. The topological polar surface area (TPSA) is 59.7 Å². The summed E-state index contributed by atoms with van der Waals surface area (Å²) in [6.45, 7) is 1.85. The minimum absolute atomic E-state index is 0.390. The van der Waals surface area contributed by atoms with Crippen molar-refractivity contribution in [3.63, 3.8) is 0 Å². The number of aromatic nitrogens is 5. The molecule has 0 N–H and O–H groups in total. The Morgan fingerprint density at radius 3 is 2.81 bits per heavy atom. The van der Waals surface area contributed by atoms with Crippen molar-refractivity contribution in [3.8, 4) is 0 Å². The predicted octanol–water partition coefficient (Wildman–Crippen LogP) is 1.86. The largest absolute Gasteiger partial charge is 0.341 e. The van der Waals surface area contributed by atoms with Crippen molar-refractivity contribution in [3.05, 3.63) is 42.7 Å². The Morgan fingerprint density at radius 2 is 2.00 bits per heavy atom. The molecule has 21 heavy (non-hydrogen) atoms. The van der Waals surface area contributed by atoms with Crippen molar-refractivity contribution in [2.45, 2.75) is 18.9 Å². The number of fused-ring (bicyclic) bond motifs is 1. The third-order valence-corrected chi connectivity index (χ3v) is 3.97. The van der Waals surface area contributed by atoms with E-state index >= 15 is 0 Å². The van der Waals surface area contributed by atoms with Gasteiger partial charge < -0.3 is 4.90 Å². The molecule has 0 unspecified atom stereocenters. The maximum atomic E-state index is 4.33. The van der Waals surface area contributed by atoms with E-state index in [0.29, 0.717) is 6.04 Å². The highest BCUT2D eigenvalue weighted by Crippen LogP contribution is 2.26. The van der Waals surface area contributed by atoms with E-state index in [1.165, 1.54) is 0 Å². The molecule has 1 aliphatic rings. The molecule has 3 heterocycles. The van der Waals surface area contributed by atoms with Crippen molar-refractivity contribution in [1.82, 2.24) is 25.0 Å². The molecule has 6 heteroatoms. The van der Waals surface area contributed by atoms with E-state index < -0.39 is 0 Å². The summed E-state index contributed by atoms with van der Waals surface area (Å²) >= 11 is 0. The average molecular weight is 279 g/mol. The Balaban J connectivity index is 1.53. The Kier molecular flexibility index (Phi) is 2.99. The van der Waals surface area contributed by atoms with Gasteiger partial charge in [-0.05, 0) is 31.0 Å². The molecule has 0 saturated carbocycles. The number of hydrogen-bond acceptors (Lipinski definition) is 5. The molecule has 0 bridgehead atoms. The fourth-order valence-electron chi connectivity index (χ4n) is 2.88. The zero-order chi connectivity index (χ0) is 14.1. The second kappa shape index (κ2) is 5.12. The van der Waals surface area contributed by atoms with Gasteiger partial charge in [0.2, 0.25) is 5.95 Å². The summed E-state index contributed by atoms with van der Waals surface area (Å²) in [6, 6.07) is 10.2. The van der Waals surface area contributed by atoms with E-state index in [2.05, 4.69) is 42.1 Å². The second-order valence-electron chi connectivity index (χ2n) is 5.23. The van der Waals surface area contributed by atoms with Gasteiger partial charge in [0.05, 0.1) is 17.8 Å². The Hall–Kier alpha value is -2.50. The number of anilines is 1. The quantitative estimate of drug-likeness (QED) is 0.716. The first-order valence-electron chi connectivity index (χ1n) is 7.16. The molecule has 0 amide bonds. The van der Waals surface area contributed by atoms with Crippen LogP contribution in [-0.4, -0.2) is 38.1 Å². The van der Waals surface area contributed by atoms with Gasteiger partial charge in [-0.25, -0.2) is 14.6 Å². The molecule has 0 atom stereocenters. The first kappa shape index (κ1) is 12.3. The van der Waals surface area contributed by atoms with E-state index in [9.17, 15) is 0 Å². The molecule has 3 aromatic rings. The molecule has 1 aromatic carbocycles. The zero-order valence-corrected chi connectivity index (χ0v) is 11.6. The highest BCUT2D eigenvalue weighted by atomic mass is 15.4. The molecule has 2 aromatic heterocycles. The van der Waals surface area contributed by atoms with Crippen LogP contribution in [0.1, 0.15) is 18.9 Å². The molecule has 1 saturated heterocycles. The molecule has 6 nitrogen and oxygen atoms in total. The van der Waals surface area contributed by atoms with E-state index in [1.807, 2.05) is 18.2 Å². The smallest absolute Gasteiger partial charge is 0.225 e. The van der Waals surface area contributed by atoms with Gasteiger partial charge >= 0.3 is 0 Å². The fraction of sp³-hybridized carbons (Fsp3) is 0.333. The number of rotatable bonds is 2. The summed E-state index contributed by atoms with van der Waals surface area (Å²) in [5.41, 5.74) is 2.07. The number of benzene rings is 1. The standard InChI is InChI=1S/C15H15N6/c1-2-5-14-13(4-1)18-19-21(14)12-6-10-20(11-7-12)15-16-8-3-9-17-15/h1-5,8,12H,6-7,10-11H2. The minimum atomic E-state index is 0.390. The van der Waals surface area contributed by atoms with Crippen LogP contribution in [0, 0.1) is 6.20 Å². The first-order chi connectivity index (χ1) is 10.4. The van der Waals surface area contributed by atoms with Gasteiger partial charge in [-0.3, -0.25) is 0 Å². The Labute approximate surface area is 122 Å². The Morgan fingerprint density at radius 1 is 1.14 bits per heavy atom. The molecular formula is C15H15N6. The lowest BCUT2D eigenvalue weighted by Gasteiger charge is -2.31. The van der Waals surface area contributed by atoms with Gasteiger partial charge in [0.1, 0.15) is 5.52 Å².